The van der Waals surface area contributed by atoms with Crippen molar-refractivity contribution in [3.05, 3.63) is 46.3 Å². The number of halogens is 1. The number of imidazole rings is 1. The predicted molar refractivity (Wildman–Crippen MR) is 93.4 cm³/mol. The lowest BCUT2D eigenvalue weighted by Gasteiger charge is -2.06. The fourth-order valence-corrected chi connectivity index (χ4v) is 3.92. The summed E-state index contributed by atoms with van der Waals surface area (Å²) in [5.41, 5.74) is 4.30. The molecule has 0 aliphatic carbocycles. The highest BCUT2D eigenvalue weighted by Crippen LogP contribution is 2.32. The Morgan fingerprint density at radius 2 is 2.09 bits per heavy atom. The Balaban J connectivity index is 1.49. The molecule has 4 aromatic rings. The van der Waals surface area contributed by atoms with Crippen LogP contribution in [0.5, 0.6) is 0 Å². The lowest BCUT2D eigenvalue weighted by Crippen LogP contribution is -2.06. The normalized spacial score (nSPS) is 11.3. The van der Waals surface area contributed by atoms with Gasteiger partial charge in [0.15, 0.2) is 0 Å². The molecule has 0 aliphatic rings. The fraction of sp³-hybridized carbons (Fsp3) is 0.133. The van der Waals surface area contributed by atoms with E-state index < -0.39 is 0 Å². The van der Waals surface area contributed by atoms with Gasteiger partial charge in [0.1, 0.15) is 12.1 Å². The van der Waals surface area contributed by atoms with Gasteiger partial charge in [-0.2, -0.15) is 0 Å². The summed E-state index contributed by atoms with van der Waals surface area (Å²) < 4.78 is 2.15. The summed E-state index contributed by atoms with van der Waals surface area (Å²) in [7, 11) is 0. The first-order valence-corrected chi connectivity index (χ1v) is 8.46. The number of H-pyrrole nitrogens is 1. The molecule has 0 atom stereocenters. The van der Waals surface area contributed by atoms with Crippen molar-refractivity contribution in [3.63, 3.8) is 0 Å². The van der Waals surface area contributed by atoms with Gasteiger partial charge in [0.05, 0.1) is 31.4 Å². The zero-order valence-electron chi connectivity index (χ0n) is 11.5. The molecule has 22 heavy (non-hydrogen) atoms. The molecule has 0 spiro atoms. The second kappa shape index (κ2) is 5.66. The predicted octanol–water partition coefficient (Wildman–Crippen LogP) is 3.98. The van der Waals surface area contributed by atoms with Gasteiger partial charge in [0.2, 0.25) is 0 Å². The van der Waals surface area contributed by atoms with E-state index in [0.717, 1.165) is 43.8 Å². The summed E-state index contributed by atoms with van der Waals surface area (Å²) in [4.78, 5) is 16.0. The van der Waals surface area contributed by atoms with Crippen molar-refractivity contribution in [1.29, 1.82) is 0 Å². The monoisotopic (exact) mass is 373 g/mol. The van der Waals surface area contributed by atoms with E-state index in [4.69, 9.17) is 0 Å². The average molecular weight is 374 g/mol. The molecule has 2 N–H and O–H groups in total. The summed E-state index contributed by atoms with van der Waals surface area (Å²) >= 11 is 5.14. The second-order valence-corrected chi connectivity index (χ2v) is 7.35. The molecule has 7 heteroatoms. The van der Waals surface area contributed by atoms with E-state index in [2.05, 4.69) is 53.3 Å². The Bertz CT molecular complexity index is 945. The van der Waals surface area contributed by atoms with Gasteiger partial charge in [-0.1, -0.05) is 6.07 Å². The Morgan fingerprint density at radius 3 is 3.05 bits per heavy atom. The number of thiophene rings is 1. The largest absolute Gasteiger partial charge is 0.368 e. The summed E-state index contributed by atoms with van der Waals surface area (Å²) in [6.45, 7) is 0.821. The van der Waals surface area contributed by atoms with Gasteiger partial charge in [0.25, 0.3) is 0 Å². The number of fused-ring (bicyclic) bond motifs is 2. The first-order valence-electron chi connectivity index (χ1n) is 6.85. The molecule has 0 radical (unpaired) electrons. The maximum Gasteiger partial charge on any atom is 0.147 e. The van der Waals surface area contributed by atoms with Crippen LogP contribution in [0.25, 0.3) is 21.3 Å². The van der Waals surface area contributed by atoms with E-state index in [9.17, 15) is 0 Å². The number of hydrogen-bond donors (Lipinski definition) is 2. The third-order valence-corrected chi connectivity index (χ3v) is 5.11. The molecule has 0 amide bonds. The molecular weight excluding hydrogens is 362 g/mol. The summed E-state index contributed by atoms with van der Waals surface area (Å²) in [6, 6.07) is 8.31. The molecule has 0 saturated heterocycles. The Morgan fingerprint density at radius 1 is 1.14 bits per heavy atom. The third kappa shape index (κ3) is 2.57. The van der Waals surface area contributed by atoms with Crippen molar-refractivity contribution in [2.45, 2.75) is 6.42 Å². The van der Waals surface area contributed by atoms with Crippen molar-refractivity contribution in [2.75, 3.05) is 11.9 Å². The summed E-state index contributed by atoms with van der Waals surface area (Å²) in [6.07, 6.45) is 4.24. The van der Waals surface area contributed by atoms with Crippen LogP contribution in [0.3, 0.4) is 0 Å². The minimum absolute atomic E-state index is 0.821. The maximum absolute atomic E-state index is 4.34. The first-order chi connectivity index (χ1) is 10.8. The Labute approximate surface area is 139 Å². The van der Waals surface area contributed by atoms with Gasteiger partial charge in [-0.05, 0) is 46.1 Å². The number of nitrogens with one attached hydrogen (secondary N) is 2. The van der Waals surface area contributed by atoms with Crippen LogP contribution in [0, 0.1) is 0 Å². The van der Waals surface area contributed by atoms with Crippen LogP contribution in [-0.2, 0) is 6.42 Å². The lowest BCUT2D eigenvalue weighted by atomic mass is 10.1. The Hall–Kier alpha value is -1.99. The average Bonchev–Trinajstić information content (AvgIpc) is 3.12. The molecule has 0 aliphatic heterocycles. The SMILES string of the molecule is Brc1cc2ncnc(NCCc3ccc4nc[nH]c4c3)c2s1. The van der Waals surface area contributed by atoms with Crippen LogP contribution in [-0.4, -0.2) is 26.5 Å². The minimum Gasteiger partial charge on any atom is -0.368 e. The highest BCUT2D eigenvalue weighted by molar-refractivity contribution is 9.11. The summed E-state index contributed by atoms with van der Waals surface area (Å²) in [5, 5.41) is 3.40. The Kier molecular flexibility index (Phi) is 3.51. The van der Waals surface area contributed by atoms with Gasteiger partial charge < -0.3 is 10.3 Å². The smallest absolute Gasteiger partial charge is 0.147 e. The number of benzene rings is 1. The molecular formula is C15H12BrN5S. The molecule has 0 fully saturated rings. The molecule has 1 aromatic carbocycles. The van der Waals surface area contributed by atoms with E-state index in [1.54, 1.807) is 24.0 Å². The molecule has 5 nitrogen and oxygen atoms in total. The number of nitrogens with zero attached hydrogens (tertiary/aromatic N) is 3. The van der Waals surface area contributed by atoms with E-state index in [0.29, 0.717) is 0 Å². The van der Waals surface area contributed by atoms with Crippen molar-refractivity contribution in [1.82, 2.24) is 19.9 Å². The van der Waals surface area contributed by atoms with Crippen LogP contribution in [0.15, 0.2) is 40.7 Å². The highest BCUT2D eigenvalue weighted by atomic mass is 79.9. The standard InChI is InChI=1S/C15H12BrN5S/c16-13-6-12-14(22-13)15(21-8-20-12)17-4-3-9-1-2-10-11(5-9)19-7-18-10/h1-2,5-8H,3-4H2,(H,18,19)(H,17,20,21). The molecule has 0 saturated carbocycles. The van der Waals surface area contributed by atoms with Crippen LogP contribution in [0.2, 0.25) is 0 Å². The van der Waals surface area contributed by atoms with Crippen LogP contribution in [0.4, 0.5) is 5.82 Å². The van der Waals surface area contributed by atoms with Crippen LogP contribution < -0.4 is 5.32 Å². The maximum atomic E-state index is 4.34. The number of aromatic amines is 1. The van der Waals surface area contributed by atoms with E-state index >= 15 is 0 Å². The van der Waals surface area contributed by atoms with Crippen LogP contribution >= 0.6 is 27.3 Å². The van der Waals surface area contributed by atoms with Crippen molar-refractivity contribution >= 4 is 54.3 Å². The van der Waals surface area contributed by atoms with E-state index in [1.807, 2.05) is 12.1 Å². The minimum atomic E-state index is 0.821. The van der Waals surface area contributed by atoms with Gasteiger partial charge >= 0.3 is 0 Å². The van der Waals surface area contributed by atoms with Crippen molar-refractivity contribution in [2.24, 2.45) is 0 Å². The second-order valence-electron chi connectivity index (χ2n) is 4.92. The molecule has 3 heterocycles. The number of hydrogen-bond acceptors (Lipinski definition) is 5. The van der Waals surface area contributed by atoms with Crippen molar-refractivity contribution in [3.8, 4) is 0 Å². The third-order valence-electron chi connectivity index (χ3n) is 3.47. The quantitative estimate of drug-likeness (QED) is 0.567. The first kappa shape index (κ1) is 13.7. The fourth-order valence-electron chi connectivity index (χ4n) is 2.41. The highest BCUT2D eigenvalue weighted by Gasteiger charge is 2.07. The lowest BCUT2D eigenvalue weighted by molar-refractivity contribution is 1.01. The molecule has 4 rings (SSSR count). The summed E-state index contributed by atoms with van der Waals surface area (Å²) in [5.74, 6) is 0.892. The zero-order valence-corrected chi connectivity index (χ0v) is 13.9. The van der Waals surface area contributed by atoms with Gasteiger partial charge in [-0.3, -0.25) is 0 Å². The van der Waals surface area contributed by atoms with Gasteiger partial charge in [0, 0.05) is 6.54 Å². The molecule has 0 unspecified atom stereocenters. The molecule has 110 valence electrons. The molecule has 3 aromatic heterocycles. The number of aromatic nitrogens is 4. The molecule has 0 bridgehead atoms. The van der Waals surface area contributed by atoms with Gasteiger partial charge in [-0.15, -0.1) is 11.3 Å². The number of rotatable bonds is 4. The van der Waals surface area contributed by atoms with Crippen molar-refractivity contribution < 1.29 is 0 Å². The van der Waals surface area contributed by atoms with Crippen LogP contribution in [0.1, 0.15) is 5.56 Å². The zero-order chi connectivity index (χ0) is 14.9. The number of anilines is 1. The van der Waals surface area contributed by atoms with E-state index in [-0.39, 0.29) is 0 Å². The van der Waals surface area contributed by atoms with E-state index in [1.165, 1.54) is 5.56 Å². The topological polar surface area (TPSA) is 66.5 Å². The van der Waals surface area contributed by atoms with Gasteiger partial charge in [-0.25, -0.2) is 15.0 Å².